The molecule has 0 spiro atoms. The van der Waals surface area contributed by atoms with Gasteiger partial charge in [-0.3, -0.25) is 0 Å². The number of rotatable bonds is 4. The Balaban J connectivity index is 1.84. The number of hydrogen-bond acceptors (Lipinski definition) is 5. The molecule has 1 heterocycles. The first kappa shape index (κ1) is 14.4. The number of aromatic nitrogens is 1. The summed E-state index contributed by atoms with van der Waals surface area (Å²) in [5, 5.41) is 3.06. The molecule has 2 unspecified atom stereocenters. The second-order valence-electron chi connectivity index (χ2n) is 5.69. The number of hydrogen-bond donors (Lipinski definition) is 1. The zero-order valence-electron chi connectivity index (χ0n) is 12.3. The molecule has 2 aromatic rings. The van der Waals surface area contributed by atoms with Gasteiger partial charge in [-0.1, -0.05) is 6.92 Å². The molecule has 1 aliphatic carbocycles. The average molecular weight is 308 g/mol. The summed E-state index contributed by atoms with van der Waals surface area (Å²) in [6.07, 6.45) is 4.65. The Hall–Kier alpha value is -1.56. The molecule has 1 N–H and O–H groups in total. The van der Waals surface area contributed by atoms with Crippen LogP contribution in [-0.2, 0) is 16.3 Å². The van der Waals surface area contributed by atoms with Crippen molar-refractivity contribution in [1.29, 1.82) is 0 Å². The molecule has 1 aromatic carbocycles. The van der Waals surface area contributed by atoms with E-state index < -0.39 is 9.84 Å². The standard InChI is InChI=1S/C15H20N2O3S/c1-3-15-17-12-9-10(7-8-13(12)20-15)16-11-5-4-6-14(11)21(2,18)19/h7-9,11,14,16H,3-6H2,1-2H3. The van der Waals surface area contributed by atoms with E-state index in [1.165, 1.54) is 6.26 Å². The smallest absolute Gasteiger partial charge is 0.195 e. The third-order valence-electron chi connectivity index (χ3n) is 4.09. The number of nitrogens with zero attached hydrogens (tertiary/aromatic N) is 1. The highest BCUT2D eigenvalue weighted by Gasteiger charge is 2.34. The fraction of sp³-hybridized carbons (Fsp3) is 0.533. The van der Waals surface area contributed by atoms with E-state index in [-0.39, 0.29) is 11.3 Å². The molecule has 1 saturated carbocycles. The Kier molecular flexibility index (Phi) is 3.65. The Bertz CT molecular complexity index is 751. The van der Waals surface area contributed by atoms with Gasteiger partial charge in [-0.2, -0.15) is 0 Å². The Morgan fingerprint density at radius 3 is 2.90 bits per heavy atom. The lowest BCUT2D eigenvalue weighted by atomic mass is 10.2. The highest BCUT2D eigenvalue weighted by Crippen LogP contribution is 2.29. The van der Waals surface area contributed by atoms with E-state index >= 15 is 0 Å². The van der Waals surface area contributed by atoms with Crippen molar-refractivity contribution in [3.63, 3.8) is 0 Å². The monoisotopic (exact) mass is 308 g/mol. The van der Waals surface area contributed by atoms with Crippen LogP contribution in [0.4, 0.5) is 5.69 Å². The molecule has 3 rings (SSSR count). The van der Waals surface area contributed by atoms with Crippen LogP contribution < -0.4 is 5.32 Å². The lowest BCUT2D eigenvalue weighted by Crippen LogP contribution is -2.34. The molecule has 114 valence electrons. The van der Waals surface area contributed by atoms with E-state index in [9.17, 15) is 8.42 Å². The van der Waals surface area contributed by atoms with E-state index in [2.05, 4.69) is 10.3 Å². The van der Waals surface area contributed by atoms with Crippen molar-refractivity contribution < 1.29 is 12.8 Å². The second-order valence-corrected chi connectivity index (χ2v) is 7.96. The number of benzene rings is 1. The Morgan fingerprint density at radius 2 is 2.19 bits per heavy atom. The summed E-state index contributed by atoms with van der Waals surface area (Å²) in [5.74, 6) is 0.719. The molecule has 1 aliphatic rings. The maximum absolute atomic E-state index is 11.8. The molecule has 21 heavy (non-hydrogen) atoms. The van der Waals surface area contributed by atoms with Crippen LogP contribution >= 0.6 is 0 Å². The van der Waals surface area contributed by atoms with Crippen LogP contribution in [0.15, 0.2) is 22.6 Å². The minimum Gasteiger partial charge on any atom is -0.441 e. The molecule has 5 nitrogen and oxygen atoms in total. The van der Waals surface area contributed by atoms with Gasteiger partial charge in [-0.15, -0.1) is 0 Å². The normalized spacial score (nSPS) is 22.8. The van der Waals surface area contributed by atoms with Crippen molar-refractivity contribution in [3.8, 4) is 0 Å². The van der Waals surface area contributed by atoms with Crippen molar-refractivity contribution in [2.24, 2.45) is 0 Å². The lowest BCUT2D eigenvalue weighted by Gasteiger charge is -2.20. The molecule has 0 saturated heterocycles. The van der Waals surface area contributed by atoms with Crippen LogP contribution in [0.5, 0.6) is 0 Å². The first-order valence-electron chi connectivity index (χ1n) is 7.32. The van der Waals surface area contributed by atoms with Crippen LogP contribution in [-0.4, -0.2) is 30.9 Å². The molecule has 1 aromatic heterocycles. The van der Waals surface area contributed by atoms with Gasteiger partial charge in [0, 0.05) is 24.4 Å². The molecule has 2 atom stereocenters. The lowest BCUT2D eigenvalue weighted by molar-refractivity contribution is 0.538. The Morgan fingerprint density at radius 1 is 1.38 bits per heavy atom. The summed E-state index contributed by atoms with van der Waals surface area (Å²) >= 11 is 0. The summed E-state index contributed by atoms with van der Waals surface area (Å²) < 4.78 is 29.2. The van der Waals surface area contributed by atoms with Crippen LogP contribution in [0.3, 0.4) is 0 Å². The van der Waals surface area contributed by atoms with Crippen LogP contribution in [0.2, 0.25) is 0 Å². The van der Waals surface area contributed by atoms with E-state index in [0.717, 1.165) is 48.4 Å². The molecule has 0 bridgehead atoms. The topological polar surface area (TPSA) is 72.2 Å². The van der Waals surface area contributed by atoms with E-state index in [0.29, 0.717) is 0 Å². The SMILES string of the molecule is CCc1nc2cc(NC3CCCC3S(C)(=O)=O)ccc2o1. The number of nitrogens with one attached hydrogen (secondary N) is 1. The summed E-state index contributed by atoms with van der Waals surface area (Å²) in [4.78, 5) is 4.41. The van der Waals surface area contributed by atoms with Gasteiger partial charge in [0.15, 0.2) is 21.3 Å². The number of anilines is 1. The van der Waals surface area contributed by atoms with E-state index in [1.54, 1.807) is 0 Å². The molecule has 6 heteroatoms. The van der Waals surface area contributed by atoms with Gasteiger partial charge >= 0.3 is 0 Å². The Labute approximate surface area is 124 Å². The fourth-order valence-electron chi connectivity index (χ4n) is 3.03. The number of aryl methyl sites for hydroxylation is 1. The third-order valence-corrected chi connectivity index (χ3v) is 5.75. The zero-order chi connectivity index (χ0) is 15.0. The molecular weight excluding hydrogens is 288 g/mol. The molecule has 1 fully saturated rings. The van der Waals surface area contributed by atoms with E-state index in [1.807, 2.05) is 25.1 Å². The average Bonchev–Trinajstić information content (AvgIpc) is 3.03. The van der Waals surface area contributed by atoms with Gasteiger partial charge in [0.05, 0.1) is 5.25 Å². The van der Waals surface area contributed by atoms with Crippen molar-refractivity contribution in [2.45, 2.75) is 43.9 Å². The van der Waals surface area contributed by atoms with Gasteiger partial charge < -0.3 is 9.73 Å². The van der Waals surface area contributed by atoms with E-state index in [4.69, 9.17) is 4.42 Å². The fourth-order valence-corrected chi connectivity index (χ4v) is 4.43. The van der Waals surface area contributed by atoms with Crippen LogP contribution in [0.25, 0.3) is 11.1 Å². The number of fused-ring (bicyclic) bond motifs is 1. The molecular formula is C15H20N2O3S. The number of oxazole rings is 1. The van der Waals surface area contributed by atoms with Crippen LogP contribution in [0.1, 0.15) is 32.1 Å². The van der Waals surface area contributed by atoms with Gasteiger partial charge in [0.25, 0.3) is 0 Å². The van der Waals surface area contributed by atoms with Gasteiger partial charge in [0.1, 0.15) is 5.52 Å². The quantitative estimate of drug-likeness (QED) is 0.940. The van der Waals surface area contributed by atoms with Gasteiger partial charge in [0.2, 0.25) is 0 Å². The zero-order valence-corrected chi connectivity index (χ0v) is 13.1. The number of sulfone groups is 1. The molecule has 0 amide bonds. The molecule has 0 radical (unpaired) electrons. The van der Waals surface area contributed by atoms with Crippen molar-refractivity contribution in [3.05, 3.63) is 24.1 Å². The largest absolute Gasteiger partial charge is 0.441 e. The van der Waals surface area contributed by atoms with Crippen molar-refractivity contribution in [2.75, 3.05) is 11.6 Å². The first-order valence-corrected chi connectivity index (χ1v) is 9.27. The summed E-state index contributed by atoms with van der Waals surface area (Å²) in [6.45, 7) is 2.00. The van der Waals surface area contributed by atoms with Crippen LogP contribution in [0, 0.1) is 0 Å². The highest BCUT2D eigenvalue weighted by atomic mass is 32.2. The minimum atomic E-state index is -3.01. The van der Waals surface area contributed by atoms with Gasteiger partial charge in [-0.05, 0) is 37.5 Å². The maximum atomic E-state index is 11.8. The summed E-state index contributed by atoms with van der Waals surface area (Å²) in [7, 11) is -3.01. The van der Waals surface area contributed by atoms with Crippen molar-refractivity contribution >= 4 is 26.6 Å². The van der Waals surface area contributed by atoms with Crippen molar-refractivity contribution in [1.82, 2.24) is 4.98 Å². The predicted molar refractivity (Wildman–Crippen MR) is 83.3 cm³/mol. The molecule has 0 aliphatic heterocycles. The first-order chi connectivity index (χ1) is 9.97. The van der Waals surface area contributed by atoms with Gasteiger partial charge in [-0.25, -0.2) is 13.4 Å². The third kappa shape index (κ3) is 2.90. The maximum Gasteiger partial charge on any atom is 0.195 e. The predicted octanol–water partition coefficient (Wildman–Crippen LogP) is 2.77. The minimum absolute atomic E-state index is 0.0185. The second kappa shape index (κ2) is 5.33. The summed E-state index contributed by atoms with van der Waals surface area (Å²) in [5.41, 5.74) is 2.48. The highest BCUT2D eigenvalue weighted by molar-refractivity contribution is 7.91. The summed E-state index contributed by atoms with van der Waals surface area (Å²) in [6, 6.07) is 5.71.